The highest BCUT2D eigenvalue weighted by atomic mass is 16.5. The molecule has 0 bridgehead atoms. The lowest BCUT2D eigenvalue weighted by molar-refractivity contribution is -0.156. The largest absolute Gasteiger partial charge is 0.493 e. The second kappa shape index (κ2) is 11.4. The molecular formula is C28H34O5. The van der Waals surface area contributed by atoms with Crippen LogP contribution in [-0.2, 0) is 16.0 Å². The van der Waals surface area contributed by atoms with E-state index in [0.29, 0.717) is 23.7 Å². The molecule has 0 spiro atoms. The van der Waals surface area contributed by atoms with Gasteiger partial charge in [0.05, 0.1) is 26.7 Å². The molecule has 0 aliphatic heterocycles. The van der Waals surface area contributed by atoms with Crippen LogP contribution in [0.4, 0.5) is 0 Å². The highest BCUT2D eigenvalue weighted by Crippen LogP contribution is 2.38. The maximum atomic E-state index is 12.4. The summed E-state index contributed by atoms with van der Waals surface area (Å²) in [5.41, 5.74) is 3.22. The van der Waals surface area contributed by atoms with Crippen molar-refractivity contribution in [3.8, 4) is 17.2 Å². The zero-order valence-corrected chi connectivity index (χ0v) is 20.4. The molecule has 0 saturated heterocycles. The van der Waals surface area contributed by atoms with Crippen molar-refractivity contribution >= 4 is 18.1 Å². The zero-order valence-electron chi connectivity index (χ0n) is 20.4. The van der Waals surface area contributed by atoms with E-state index in [1.807, 2.05) is 63.3 Å². The van der Waals surface area contributed by atoms with Gasteiger partial charge in [-0.3, -0.25) is 4.79 Å². The molecule has 2 aromatic rings. The molecule has 0 aliphatic rings. The molecule has 33 heavy (non-hydrogen) atoms. The molecule has 5 heteroatoms. The average molecular weight is 451 g/mol. The zero-order chi connectivity index (χ0) is 24.6. The minimum Gasteiger partial charge on any atom is -0.493 e. The van der Waals surface area contributed by atoms with Crippen LogP contribution in [0.2, 0.25) is 0 Å². The first-order valence-electron chi connectivity index (χ1n) is 10.7. The van der Waals surface area contributed by atoms with Gasteiger partial charge < -0.3 is 18.9 Å². The molecule has 0 amide bonds. The number of hydrogen-bond acceptors (Lipinski definition) is 5. The van der Waals surface area contributed by atoms with Gasteiger partial charge in [0.25, 0.3) is 0 Å². The van der Waals surface area contributed by atoms with Crippen LogP contribution in [0.1, 0.15) is 49.1 Å². The average Bonchev–Trinajstić information content (AvgIpc) is 2.80. The number of rotatable bonds is 10. The van der Waals surface area contributed by atoms with Gasteiger partial charge in [0.1, 0.15) is 6.10 Å². The van der Waals surface area contributed by atoms with E-state index in [1.165, 1.54) is 0 Å². The van der Waals surface area contributed by atoms with E-state index in [0.717, 1.165) is 22.3 Å². The quantitative estimate of drug-likeness (QED) is 0.237. The Morgan fingerprint density at radius 1 is 0.939 bits per heavy atom. The van der Waals surface area contributed by atoms with Gasteiger partial charge >= 0.3 is 5.97 Å². The van der Waals surface area contributed by atoms with Crippen molar-refractivity contribution in [2.24, 2.45) is 5.41 Å². The van der Waals surface area contributed by atoms with E-state index in [2.05, 4.69) is 19.2 Å². The second-order valence-corrected chi connectivity index (χ2v) is 8.55. The molecular weight excluding hydrogens is 416 g/mol. The van der Waals surface area contributed by atoms with Crippen LogP contribution in [0.5, 0.6) is 17.2 Å². The molecule has 2 rings (SSSR count). The smallest absolute Gasteiger partial charge is 0.312 e. The fraction of sp³-hybridized carbons (Fsp3) is 0.321. The molecule has 1 unspecified atom stereocenters. The Balaban J connectivity index is 2.39. The monoisotopic (exact) mass is 450 g/mol. The number of carbonyl (C=O) groups is 1. The molecule has 0 radical (unpaired) electrons. The highest BCUT2D eigenvalue weighted by molar-refractivity contribution is 5.76. The first kappa shape index (κ1) is 25.8. The highest BCUT2D eigenvalue weighted by Gasteiger charge is 2.26. The molecule has 0 N–H and O–H groups in total. The summed E-state index contributed by atoms with van der Waals surface area (Å²) >= 11 is 0. The van der Waals surface area contributed by atoms with E-state index >= 15 is 0 Å². The molecule has 0 heterocycles. The Morgan fingerprint density at radius 3 is 2.03 bits per heavy atom. The lowest BCUT2D eigenvalue weighted by atomic mass is 9.95. The van der Waals surface area contributed by atoms with Gasteiger partial charge in [0.2, 0.25) is 5.75 Å². The molecule has 5 nitrogen and oxygen atoms in total. The van der Waals surface area contributed by atoms with Crippen molar-refractivity contribution in [2.45, 2.75) is 33.3 Å². The number of methoxy groups -OCH3 is 3. The summed E-state index contributed by atoms with van der Waals surface area (Å²) in [6, 6.07) is 9.79. The van der Waals surface area contributed by atoms with Crippen molar-refractivity contribution in [3.63, 3.8) is 0 Å². The molecule has 0 aromatic heterocycles. The molecule has 1 atom stereocenters. The van der Waals surface area contributed by atoms with Crippen LogP contribution in [0, 0.1) is 5.41 Å². The van der Waals surface area contributed by atoms with Crippen molar-refractivity contribution in [2.75, 3.05) is 21.3 Å². The molecule has 0 fully saturated rings. The maximum absolute atomic E-state index is 12.4. The Labute approximate surface area is 197 Å². The topological polar surface area (TPSA) is 54.0 Å². The third-order valence-electron chi connectivity index (χ3n) is 5.05. The van der Waals surface area contributed by atoms with E-state index in [4.69, 9.17) is 18.9 Å². The summed E-state index contributed by atoms with van der Waals surface area (Å²) in [5, 5.41) is 0. The predicted octanol–water partition coefficient (Wildman–Crippen LogP) is 6.43. The minimum atomic E-state index is -0.594. The van der Waals surface area contributed by atoms with E-state index in [-0.39, 0.29) is 5.97 Å². The van der Waals surface area contributed by atoms with Gasteiger partial charge in [-0.05, 0) is 67.7 Å². The third-order valence-corrected chi connectivity index (χ3v) is 5.05. The summed E-state index contributed by atoms with van der Waals surface area (Å²) in [6.07, 6.45) is 7.57. The van der Waals surface area contributed by atoms with Crippen molar-refractivity contribution in [3.05, 3.63) is 77.9 Å². The lowest BCUT2D eigenvalue weighted by Crippen LogP contribution is -2.24. The van der Waals surface area contributed by atoms with Crippen LogP contribution < -0.4 is 14.2 Å². The number of benzene rings is 2. The van der Waals surface area contributed by atoms with Crippen LogP contribution >= 0.6 is 0 Å². The van der Waals surface area contributed by atoms with Crippen LogP contribution in [-0.4, -0.2) is 27.3 Å². The van der Waals surface area contributed by atoms with Crippen LogP contribution in [0.25, 0.3) is 12.2 Å². The van der Waals surface area contributed by atoms with E-state index in [1.54, 1.807) is 27.4 Å². The lowest BCUT2D eigenvalue weighted by Gasteiger charge is -2.23. The fourth-order valence-electron chi connectivity index (χ4n) is 3.26. The fourth-order valence-corrected chi connectivity index (χ4v) is 3.26. The van der Waals surface area contributed by atoms with Gasteiger partial charge in [-0.2, -0.15) is 0 Å². The van der Waals surface area contributed by atoms with Gasteiger partial charge in [-0.15, -0.1) is 6.58 Å². The Morgan fingerprint density at radius 2 is 1.55 bits per heavy atom. The number of carbonyl (C=O) groups excluding carboxylic acids is 1. The Bertz CT molecular complexity index is 1000. The van der Waals surface area contributed by atoms with Gasteiger partial charge in [0.15, 0.2) is 11.5 Å². The summed E-state index contributed by atoms with van der Waals surface area (Å²) in [4.78, 5) is 12.4. The summed E-state index contributed by atoms with van der Waals surface area (Å²) < 4.78 is 22.0. The van der Waals surface area contributed by atoms with E-state index < -0.39 is 11.5 Å². The molecule has 0 aliphatic carbocycles. The molecule has 0 saturated carbocycles. The Hall–Kier alpha value is -3.47. The number of allylic oxidation sites excluding steroid dienone is 1. The summed E-state index contributed by atoms with van der Waals surface area (Å²) in [5.74, 6) is 1.46. The van der Waals surface area contributed by atoms with Crippen molar-refractivity contribution < 1.29 is 23.7 Å². The minimum absolute atomic E-state index is 0.275. The van der Waals surface area contributed by atoms with Crippen LogP contribution in [0.3, 0.4) is 0 Å². The van der Waals surface area contributed by atoms with Crippen molar-refractivity contribution in [1.82, 2.24) is 0 Å². The first-order chi connectivity index (χ1) is 15.7. The summed E-state index contributed by atoms with van der Waals surface area (Å²) in [7, 11) is 4.76. The van der Waals surface area contributed by atoms with Gasteiger partial charge in [-0.1, -0.05) is 43.0 Å². The normalized spacial score (nSPS) is 12.2. The predicted molar refractivity (Wildman–Crippen MR) is 134 cm³/mol. The number of esters is 1. The molecule has 2 aromatic carbocycles. The van der Waals surface area contributed by atoms with Crippen LogP contribution in [0.15, 0.2) is 55.6 Å². The number of ether oxygens (including phenoxy) is 4. The Kier molecular flexibility index (Phi) is 8.92. The van der Waals surface area contributed by atoms with E-state index in [9.17, 15) is 4.79 Å². The second-order valence-electron chi connectivity index (χ2n) is 8.55. The number of hydrogen-bond donors (Lipinski definition) is 0. The van der Waals surface area contributed by atoms with Gasteiger partial charge in [-0.25, -0.2) is 0 Å². The van der Waals surface area contributed by atoms with Gasteiger partial charge in [0, 0.05) is 0 Å². The third kappa shape index (κ3) is 6.51. The molecule has 176 valence electrons. The standard InChI is InChI=1S/C28H34O5/c1-9-11-21-16-19(14-15-22(21)23(10-2)33-27(29)28(3,4)5)12-13-20-17-24(30-6)26(32-8)25(18-20)31-7/h9-10,12-18,23H,1-2,11H2,3-8H3/b13-12-. The van der Waals surface area contributed by atoms with Crippen molar-refractivity contribution in [1.29, 1.82) is 0 Å². The first-order valence-corrected chi connectivity index (χ1v) is 10.7. The maximum Gasteiger partial charge on any atom is 0.312 e. The summed E-state index contributed by atoms with van der Waals surface area (Å²) in [6.45, 7) is 13.2. The SMILES string of the molecule is C=CCc1cc(/C=C\c2cc(OC)c(OC)c(OC)c2)ccc1C(C=C)OC(=O)C(C)(C)C.